The number of rotatable bonds is 4. The Hall–Kier alpha value is -1.25. The molecule has 18 heavy (non-hydrogen) atoms. The molecule has 100 valence electrons. The summed E-state index contributed by atoms with van der Waals surface area (Å²) in [6.07, 6.45) is 4.16. The van der Waals surface area contributed by atoms with Gasteiger partial charge in [0.25, 0.3) is 0 Å². The number of anilines is 1. The summed E-state index contributed by atoms with van der Waals surface area (Å²) >= 11 is 0. The molecule has 0 aliphatic carbocycles. The quantitative estimate of drug-likeness (QED) is 0.783. The largest absolute Gasteiger partial charge is 0.381 e. The van der Waals surface area contributed by atoms with E-state index in [4.69, 9.17) is 10.5 Å². The van der Waals surface area contributed by atoms with E-state index in [9.17, 15) is 8.42 Å². The minimum atomic E-state index is -3.55. The van der Waals surface area contributed by atoms with E-state index in [1.165, 1.54) is 12.4 Å². The van der Waals surface area contributed by atoms with Gasteiger partial charge in [0.05, 0.1) is 12.4 Å². The number of sulfonamides is 1. The van der Waals surface area contributed by atoms with Crippen molar-refractivity contribution in [1.82, 2.24) is 14.7 Å². The van der Waals surface area contributed by atoms with Crippen molar-refractivity contribution in [3.8, 4) is 0 Å². The van der Waals surface area contributed by atoms with Crippen LogP contribution in [-0.2, 0) is 14.8 Å². The second-order valence-electron chi connectivity index (χ2n) is 4.18. The molecule has 1 saturated heterocycles. The maximum absolute atomic E-state index is 11.9. The van der Waals surface area contributed by atoms with Gasteiger partial charge in [0.2, 0.25) is 16.0 Å². The summed E-state index contributed by atoms with van der Waals surface area (Å²) in [5.74, 6) is 0.376. The highest BCUT2D eigenvalue weighted by Crippen LogP contribution is 2.14. The zero-order valence-corrected chi connectivity index (χ0v) is 10.7. The van der Waals surface area contributed by atoms with E-state index in [0.717, 1.165) is 12.8 Å². The molecule has 0 atom stereocenters. The number of ether oxygens (including phenoxy) is 1. The lowest BCUT2D eigenvalue weighted by atomic mass is 10.0. The molecule has 8 heteroatoms. The molecular weight excluding hydrogens is 256 g/mol. The molecule has 0 spiro atoms. The van der Waals surface area contributed by atoms with Crippen molar-refractivity contribution in [3.63, 3.8) is 0 Å². The minimum Gasteiger partial charge on any atom is -0.381 e. The van der Waals surface area contributed by atoms with Crippen LogP contribution in [0.2, 0.25) is 0 Å². The van der Waals surface area contributed by atoms with E-state index < -0.39 is 10.0 Å². The first-order valence-electron chi connectivity index (χ1n) is 5.73. The first-order chi connectivity index (χ1) is 8.58. The fourth-order valence-electron chi connectivity index (χ4n) is 1.73. The Morgan fingerprint density at radius 2 is 1.94 bits per heavy atom. The summed E-state index contributed by atoms with van der Waals surface area (Å²) in [5, 5.41) is 0. The summed E-state index contributed by atoms with van der Waals surface area (Å²) in [5.41, 5.74) is 5.31. The second kappa shape index (κ2) is 5.59. The van der Waals surface area contributed by atoms with Gasteiger partial charge in [-0.05, 0) is 18.8 Å². The average Bonchev–Trinajstić information content (AvgIpc) is 2.38. The Balaban J connectivity index is 1.96. The van der Waals surface area contributed by atoms with Crippen molar-refractivity contribution in [2.24, 2.45) is 5.92 Å². The molecular formula is C10H16N4O3S. The van der Waals surface area contributed by atoms with Crippen molar-refractivity contribution in [2.75, 3.05) is 25.5 Å². The van der Waals surface area contributed by atoms with E-state index >= 15 is 0 Å². The topological polar surface area (TPSA) is 107 Å². The lowest BCUT2D eigenvalue weighted by molar-refractivity contribution is 0.0678. The van der Waals surface area contributed by atoms with Gasteiger partial charge < -0.3 is 10.5 Å². The number of nitrogens with zero attached hydrogens (tertiary/aromatic N) is 2. The molecule has 2 heterocycles. The molecule has 0 saturated carbocycles. The normalized spacial score (nSPS) is 17.8. The van der Waals surface area contributed by atoms with Gasteiger partial charge in [-0.2, -0.15) is 0 Å². The smallest absolute Gasteiger partial charge is 0.243 e. The Labute approximate surface area is 106 Å². The molecule has 1 aromatic rings. The number of nitrogen functional groups attached to an aromatic ring is 1. The summed E-state index contributed by atoms with van der Waals surface area (Å²) in [6, 6.07) is 0. The summed E-state index contributed by atoms with van der Waals surface area (Å²) in [4.78, 5) is 7.37. The highest BCUT2D eigenvalue weighted by atomic mass is 32.2. The van der Waals surface area contributed by atoms with Crippen LogP contribution in [-0.4, -0.2) is 38.1 Å². The predicted octanol–water partition coefficient (Wildman–Crippen LogP) is -0.236. The standard InChI is InChI=1S/C10H16N4O3S/c11-10-12-6-9(7-13-10)18(15,16)14-5-8-1-3-17-4-2-8/h6-8,14H,1-5H2,(H2,11,12,13). The monoisotopic (exact) mass is 272 g/mol. The molecule has 0 unspecified atom stereocenters. The van der Waals surface area contributed by atoms with Crippen molar-refractivity contribution < 1.29 is 13.2 Å². The number of nitrogens with two attached hydrogens (primary N) is 1. The van der Waals surface area contributed by atoms with Gasteiger partial charge in [-0.1, -0.05) is 0 Å². The lowest BCUT2D eigenvalue weighted by Crippen LogP contribution is -2.32. The van der Waals surface area contributed by atoms with Crippen molar-refractivity contribution in [3.05, 3.63) is 12.4 Å². The van der Waals surface area contributed by atoms with Gasteiger partial charge in [0.1, 0.15) is 4.90 Å². The Morgan fingerprint density at radius 3 is 2.56 bits per heavy atom. The van der Waals surface area contributed by atoms with Crippen LogP contribution in [0.1, 0.15) is 12.8 Å². The Kier molecular flexibility index (Phi) is 4.10. The molecule has 7 nitrogen and oxygen atoms in total. The molecule has 0 radical (unpaired) electrons. The molecule has 0 amide bonds. The highest BCUT2D eigenvalue weighted by molar-refractivity contribution is 7.89. The first-order valence-corrected chi connectivity index (χ1v) is 7.21. The van der Waals surface area contributed by atoms with Crippen LogP contribution < -0.4 is 10.5 Å². The predicted molar refractivity (Wildman–Crippen MR) is 65.2 cm³/mol. The van der Waals surface area contributed by atoms with E-state index in [2.05, 4.69) is 14.7 Å². The molecule has 2 rings (SSSR count). The van der Waals surface area contributed by atoms with Crippen molar-refractivity contribution in [2.45, 2.75) is 17.7 Å². The molecule has 1 aromatic heterocycles. The van der Waals surface area contributed by atoms with E-state index in [0.29, 0.717) is 25.7 Å². The van der Waals surface area contributed by atoms with Gasteiger partial charge in [-0.25, -0.2) is 23.1 Å². The van der Waals surface area contributed by atoms with E-state index in [1.54, 1.807) is 0 Å². The van der Waals surface area contributed by atoms with Crippen LogP contribution >= 0.6 is 0 Å². The van der Waals surface area contributed by atoms with Crippen molar-refractivity contribution in [1.29, 1.82) is 0 Å². The maximum atomic E-state index is 11.9. The summed E-state index contributed by atoms with van der Waals surface area (Å²) in [7, 11) is -3.55. The van der Waals surface area contributed by atoms with Crippen LogP contribution in [0, 0.1) is 5.92 Å². The molecule has 0 bridgehead atoms. The summed E-state index contributed by atoms with van der Waals surface area (Å²) in [6.45, 7) is 1.80. The maximum Gasteiger partial charge on any atom is 0.243 e. The zero-order chi connectivity index (χ0) is 13.0. The van der Waals surface area contributed by atoms with Gasteiger partial charge in [0, 0.05) is 19.8 Å². The van der Waals surface area contributed by atoms with Gasteiger partial charge in [-0.3, -0.25) is 0 Å². The average molecular weight is 272 g/mol. The fourth-order valence-corrected chi connectivity index (χ4v) is 2.73. The third-order valence-electron chi connectivity index (χ3n) is 2.86. The molecule has 1 fully saturated rings. The van der Waals surface area contributed by atoms with E-state index in [-0.39, 0.29) is 10.8 Å². The third kappa shape index (κ3) is 3.37. The molecule has 1 aliphatic rings. The highest BCUT2D eigenvalue weighted by Gasteiger charge is 2.19. The number of aromatic nitrogens is 2. The summed E-state index contributed by atoms with van der Waals surface area (Å²) < 4.78 is 31.6. The van der Waals surface area contributed by atoms with Crippen molar-refractivity contribution >= 4 is 16.0 Å². The molecule has 3 N–H and O–H groups in total. The molecule has 0 aromatic carbocycles. The Bertz CT molecular complexity index is 482. The van der Waals surface area contributed by atoms with Crippen LogP contribution in [0.4, 0.5) is 5.95 Å². The molecule has 1 aliphatic heterocycles. The van der Waals surface area contributed by atoms with Crippen LogP contribution in [0.25, 0.3) is 0 Å². The first kappa shape index (κ1) is 13.2. The van der Waals surface area contributed by atoms with Gasteiger partial charge in [0.15, 0.2) is 0 Å². The third-order valence-corrected chi connectivity index (χ3v) is 4.24. The van der Waals surface area contributed by atoms with E-state index in [1.807, 2.05) is 0 Å². The Morgan fingerprint density at radius 1 is 1.33 bits per heavy atom. The lowest BCUT2D eigenvalue weighted by Gasteiger charge is -2.22. The number of hydrogen-bond donors (Lipinski definition) is 2. The van der Waals surface area contributed by atoms with Crippen LogP contribution in [0.3, 0.4) is 0 Å². The van der Waals surface area contributed by atoms with Gasteiger partial charge in [-0.15, -0.1) is 0 Å². The van der Waals surface area contributed by atoms with Crippen LogP contribution in [0.15, 0.2) is 17.3 Å². The van der Waals surface area contributed by atoms with Crippen LogP contribution in [0.5, 0.6) is 0 Å². The fraction of sp³-hybridized carbons (Fsp3) is 0.600. The SMILES string of the molecule is Nc1ncc(S(=O)(=O)NCC2CCOCC2)cn1. The second-order valence-corrected chi connectivity index (χ2v) is 5.95. The number of nitrogens with one attached hydrogen (secondary N) is 1. The minimum absolute atomic E-state index is 0.0313. The number of hydrogen-bond acceptors (Lipinski definition) is 6. The van der Waals surface area contributed by atoms with Gasteiger partial charge >= 0.3 is 0 Å². The zero-order valence-electron chi connectivity index (χ0n) is 9.87.